The van der Waals surface area contributed by atoms with Gasteiger partial charge in [0.1, 0.15) is 11.6 Å². The highest BCUT2D eigenvalue weighted by molar-refractivity contribution is 5.18. The molecule has 0 atom stereocenters. The fourth-order valence-corrected chi connectivity index (χ4v) is 2.21. The molecule has 0 aliphatic rings. The minimum Gasteiger partial charge on any atom is -0.330 e. The second-order valence-corrected chi connectivity index (χ2v) is 5.61. The van der Waals surface area contributed by atoms with Crippen molar-refractivity contribution < 1.29 is 8.78 Å². The number of halogens is 2. The Balaban J connectivity index is 2.64. The van der Waals surface area contributed by atoms with E-state index < -0.39 is 5.82 Å². The van der Waals surface area contributed by atoms with Gasteiger partial charge in [-0.05, 0) is 43.6 Å². The van der Waals surface area contributed by atoms with Crippen LogP contribution in [0.25, 0.3) is 0 Å². The first-order chi connectivity index (χ1) is 8.34. The van der Waals surface area contributed by atoms with Gasteiger partial charge in [0, 0.05) is 18.7 Å². The molecule has 0 aliphatic carbocycles. The third-order valence-corrected chi connectivity index (χ3v) is 2.97. The van der Waals surface area contributed by atoms with Gasteiger partial charge in [0.15, 0.2) is 0 Å². The molecule has 1 rings (SSSR count). The van der Waals surface area contributed by atoms with Gasteiger partial charge in [0.05, 0.1) is 0 Å². The first-order valence-corrected chi connectivity index (χ1v) is 6.16. The van der Waals surface area contributed by atoms with Crippen LogP contribution in [0.1, 0.15) is 25.8 Å². The van der Waals surface area contributed by atoms with Crippen LogP contribution in [-0.4, -0.2) is 25.0 Å². The molecule has 0 saturated carbocycles. The molecule has 0 heterocycles. The maximum atomic E-state index is 13.5. The second-order valence-electron chi connectivity index (χ2n) is 5.61. The minimum absolute atomic E-state index is 0.0767. The first-order valence-electron chi connectivity index (χ1n) is 6.16. The predicted molar refractivity (Wildman–Crippen MR) is 70.1 cm³/mol. The lowest BCUT2D eigenvalue weighted by Crippen LogP contribution is -2.32. The molecule has 0 amide bonds. The molecular formula is C14H22F2N2. The van der Waals surface area contributed by atoms with E-state index in [-0.39, 0.29) is 11.2 Å². The maximum Gasteiger partial charge on any atom is 0.127 e. The van der Waals surface area contributed by atoms with Crippen molar-refractivity contribution in [3.8, 4) is 0 Å². The monoisotopic (exact) mass is 256 g/mol. The van der Waals surface area contributed by atoms with Crippen LogP contribution in [-0.2, 0) is 6.54 Å². The van der Waals surface area contributed by atoms with E-state index in [1.807, 2.05) is 11.9 Å². The molecule has 0 aliphatic heterocycles. The minimum atomic E-state index is -0.402. The van der Waals surface area contributed by atoms with Crippen molar-refractivity contribution in [2.45, 2.75) is 26.8 Å². The van der Waals surface area contributed by atoms with E-state index in [4.69, 9.17) is 5.73 Å². The SMILES string of the molecule is CN(Cc1cc(F)ccc1F)CC(C)(C)CCN. The third kappa shape index (κ3) is 4.70. The molecule has 0 bridgehead atoms. The largest absolute Gasteiger partial charge is 0.330 e. The van der Waals surface area contributed by atoms with Crippen molar-refractivity contribution in [2.24, 2.45) is 11.1 Å². The summed E-state index contributed by atoms with van der Waals surface area (Å²) in [6.07, 6.45) is 0.906. The molecule has 0 spiro atoms. The average Bonchev–Trinajstić information content (AvgIpc) is 2.22. The number of nitrogens with two attached hydrogens (primary N) is 1. The van der Waals surface area contributed by atoms with Crippen LogP contribution in [0.4, 0.5) is 8.78 Å². The van der Waals surface area contributed by atoms with Crippen LogP contribution < -0.4 is 5.73 Å². The highest BCUT2D eigenvalue weighted by Gasteiger charge is 2.19. The highest BCUT2D eigenvalue weighted by Crippen LogP contribution is 2.21. The zero-order chi connectivity index (χ0) is 13.8. The van der Waals surface area contributed by atoms with Crippen molar-refractivity contribution in [3.63, 3.8) is 0 Å². The Morgan fingerprint density at radius 3 is 2.56 bits per heavy atom. The Morgan fingerprint density at radius 2 is 1.94 bits per heavy atom. The van der Waals surface area contributed by atoms with Crippen molar-refractivity contribution in [3.05, 3.63) is 35.4 Å². The molecule has 0 fully saturated rings. The standard InChI is InChI=1S/C14H22F2N2/c1-14(2,6-7-17)10-18(3)9-11-8-12(15)4-5-13(11)16/h4-5,8H,6-7,9-10,17H2,1-3H3. The predicted octanol–water partition coefficient (Wildman–Crippen LogP) is 2.77. The van der Waals surface area contributed by atoms with Crippen LogP contribution >= 0.6 is 0 Å². The summed E-state index contributed by atoms with van der Waals surface area (Å²) in [5.41, 5.74) is 6.03. The molecule has 18 heavy (non-hydrogen) atoms. The Morgan fingerprint density at radius 1 is 1.28 bits per heavy atom. The average molecular weight is 256 g/mol. The normalized spacial score (nSPS) is 12.2. The van der Waals surface area contributed by atoms with Crippen LogP contribution in [0, 0.1) is 17.0 Å². The highest BCUT2D eigenvalue weighted by atomic mass is 19.1. The number of nitrogens with zero attached hydrogens (tertiary/aromatic N) is 1. The molecule has 4 heteroatoms. The lowest BCUT2D eigenvalue weighted by molar-refractivity contribution is 0.193. The molecule has 0 radical (unpaired) electrons. The number of hydrogen-bond donors (Lipinski definition) is 1. The van der Waals surface area contributed by atoms with Gasteiger partial charge in [-0.1, -0.05) is 13.8 Å². The molecule has 2 nitrogen and oxygen atoms in total. The van der Waals surface area contributed by atoms with E-state index in [1.54, 1.807) is 0 Å². The van der Waals surface area contributed by atoms with Crippen LogP contribution in [0.15, 0.2) is 18.2 Å². The fraction of sp³-hybridized carbons (Fsp3) is 0.571. The van der Waals surface area contributed by atoms with Gasteiger partial charge in [0.2, 0.25) is 0 Å². The Hall–Kier alpha value is -1.00. The summed E-state index contributed by atoms with van der Waals surface area (Å²) in [6, 6.07) is 3.56. The number of hydrogen-bond acceptors (Lipinski definition) is 2. The summed E-state index contributed by atoms with van der Waals surface area (Å²) in [7, 11) is 1.91. The Kier molecular flexibility index (Phi) is 5.23. The summed E-state index contributed by atoms with van der Waals surface area (Å²) in [6.45, 7) is 6.07. The zero-order valence-corrected chi connectivity index (χ0v) is 11.3. The van der Waals surface area contributed by atoms with Crippen molar-refractivity contribution in [2.75, 3.05) is 20.1 Å². The van der Waals surface area contributed by atoms with Gasteiger partial charge >= 0.3 is 0 Å². The van der Waals surface area contributed by atoms with Gasteiger partial charge in [-0.2, -0.15) is 0 Å². The molecule has 0 saturated heterocycles. The van der Waals surface area contributed by atoms with Gasteiger partial charge < -0.3 is 10.6 Å². The summed E-state index contributed by atoms with van der Waals surface area (Å²) in [4.78, 5) is 1.99. The van der Waals surface area contributed by atoms with E-state index in [9.17, 15) is 8.78 Å². The summed E-state index contributed by atoms with van der Waals surface area (Å²) >= 11 is 0. The van der Waals surface area contributed by atoms with Crippen molar-refractivity contribution in [1.82, 2.24) is 4.90 Å². The Labute approximate surface area is 108 Å². The smallest absolute Gasteiger partial charge is 0.127 e. The number of rotatable bonds is 6. The molecular weight excluding hydrogens is 234 g/mol. The van der Waals surface area contributed by atoms with E-state index >= 15 is 0 Å². The fourth-order valence-electron chi connectivity index (χ4n) is 2.21. The zero-order valence-electron chi connectivity index (χ0n) is 11.3. The molecule has 1 aromatic carbocycles. The second kappa shape index (κ2) is 6.25. The molecule has 2 N–H and O–H groups in total. The van der Waals surface area contributed by atoms with Gasteiger partial charge in [0.25, 0.3) is 0 Å². The van der Waals surface area contributed by atoms with Crippen LogP contribution in [0.3, 0.4) is 0 Å². The van der Waals surface area contributed by atoms with Crippen LogP contribution in [0.2, 0.25) is 0 Å². The van der Waals surface area contributed by atoms with Gasteiger partial charge in [-0.15, -0.1) is 0 Å². The molecule has 0 unspecified atom stereocenters. The van der Waals surface area contributed by atoms with Crippen molar-refractivity contribution in [1.29, 1.82) is 0 Å². The quantitative estimate of drug-likeness (QED) is 0.848. The molecule has 102 valence electrons. The van der Waals surface area contributed by atoms with Crippen molar-refractivity contribution >= 4 is 0 Å². The first kappa shape index (κ1) is 15.1. The van der Waals surface area contributed by atoms with E-state index in [1.165, 1.54) is 12.1 Å². The van der Waals surface area contributed by atoms with Crippen LogP contribution in [0.5, 0.6) is 0 Å². The van der Waals surface area contributed by atoms with E-state index in [0.717, 1.165) is 19.0 Å². The summed E-state index contributed by atoms with van der Waals surface area (Å²) in [5.74, 6) is -0.763. The third-order valence-electron chi connectivity index (χ3n) is 2.97. The Bertz CT molecular complexity index is 391. The lowest BCUT2D eigenvalue weighted by atomic mass is 9.89. The van der Waals surface area contributed by atoms with Gasteiger partial charge in [-0.3, -0.25) is 0 Å². The number of benzene rings is 1. The molecule has 0 aromatic heterocycles. The van der Waals surface area contributed by atoms with E-state index in [2.05, 4.69) is 13.8 Å². The van der Waals surface area contributed by atoms with Gasteiger partial charge in [-0.25, -0.2) is 8.78 Å². The summed E-state index contributed by atoms with van der Waals surface area (Å²) in [5, 5.41) is 0. The topological polar surface area (TPSA) is 29.3 Å². The van der Waals surface area contributed by atoms with E-state index in [0.29, 0.717) is 18.7 Å². The molecule has 1 aromatic rings. The lowest BCUT2D eigenvalue weighted by Gasteiger charge is -2.30. The maximum absolute atomic E-state index is 13.5. The summed E-state index contributed by atoms with van der Waals surface area (Å²) < 4.78 is 26.6.